The van der Waals surface area contributed by atoms with Gasteiger partial charge in [0, 0.05) is 33.6 Å². The third kappa shape index (κ3) is 4.42. The highest BCUT2D eigenvalue weighted by Crippen LogP contribution is 2.37. The maximum Gasteiger partial charge on any atom is 0.120 e. The molecule has 0 unspecified atom stereocenters. The molecule has 0 radical (unpaired) electrons. The second kappa shape index (κ2) is 9.41. The molecule has 166 valence electrons. The Morgan fingerprint density at radius 1 is 1.00 bits per heavy atom. The van der Waals surface area contributed by atoms with Crippen LogP contribution in [0.5, 0.6) is 11.5 Å². The van der Waals surface area contributed by atoms with Crippen molar-refractivity contribution in [3.05, 3.63) is 65.2 Å². The minimum atomic E-state index is 0. The van der Waals surface area contributed by atoms with Gasteiger partial charge in [-0.3, -0.25) is 4.90 Å². The van der Waals surface area contributed by atoms with Crippen LogP contribution in [0.3, 0.4) is 0 Å². The molecule has 5 rings (SSSR count). The van der Waals surface area contributed by atoms with Crippen LogP contribution in [0.25, 0.3) is 21.8 Å². The van der Waals surface area contributed by atoms with Gasteiger partial charge < -0.3 is 15.2 Å². The molecule has 0 atom stereocenters. The highest BCUT2D eigenvalue weighted by atomic mass is 35.5. The van der Waals surface area contributed by atoms with Crippen molar-refractivity contribution in [2.45, 2.75) is 19.4 Å². The Kier molecular flexibility index (Phi) is 6.60. The highest BCUT2D eigenvalue weighted by molar-refractivity contribution is 6.31. The lowest BCUT2D eigenvalue weighted by molar-refractivity contribution is 0.324. The first-order chi connectivity index (χ1) is 15.1. The van der Waals surface area contributed by atoms with Gasteiger partial charge in [-0.25, -0.2) is 4.98 Å². The predicted molar refractivity (Wildman–Crippen MR) is 134 cm³/mol. The molecule has 0 aliphatic carbocycles. The van der Waals surface area contributed by atoms with Gasteiger partial charge in [0.1, 0.15) is 11.5 Å². The van der Waals surface area contributed by atoms with Crippen LogP contribution in [-0.4, -0.2) is 35.2 Å². The molecule has 7 heteroatoms. The highest BCUT2D eigenvalue weighted by Gasteiger charge is 2.16. The van der Waals surface area contributed by atoms with Crippen molar-refractivity contribution in [3.63, 3.8) is 0 Å². The zero-order chi connectivity index (χ0) is 21.4. The van der Waals surface area contributed by atoms with Gasteiger partial charge in [-0.15, -0.1) is 12.4 Å². The van der Waals surface area contributed by atoms with Gasteiger partial charge in [0.2, 0.25) is 0 Å². The van der Waals surface area contributed by atoms with Crippen LogP contribution in [0.1, 0.15) is 18.4 Å². The molecule has 4 aromatic rings. The largest absolute Gasteiger partial charge is 0.508 e. The molecule has 2 N–H and O–H groups in total. The molecule has 0 amide bonds. The van der Waals surface area contributed by atoms with Crippen LogP contribution >= 0.6 is 24.0 Å². The number of nitrogens with zero attached hydrogens (tertiary/aromatic N) is 2. The van der Waals surface area contributed by atoms with Crippen LogP contribution < -0.4 is 10.1 Å². The molecule has 3 aromatic carbocycles. The first-order valence-corrected chi connectivity index (χ1v) is 10.9. The van der Waals surface area contributed by atoms with E-state index in [4.69, 9.17) is 21.3 Å². The minimum absolute atomic E-state index is 0. The zero-order valence-corrected chi connectivity index (χ0v) is 19.3. The molecule has 1 aliphatic heterocycles. The predicted octanol–water partition coefficient (Wildman–Crippen LogP) is 6.52. The molecule has 1 aliphatic rings. The summed E-state index contributed by atoms with van der Waals surface area (Å²) >= 11 is 6.33. The molecular formula is C25H25Cl2N3O2. The Morgan fingerprint density at radius 2 is 1.72 bits per heavy atom. The normalized spacial score (nSPS) is 13.9. The zero-order valence-electron chi connectivity index (χ0n) is 17.8. The number of anilines is 2. The number of pyridine rings is 1. The van der Waals surface area contributed by atoms with Crippen molar-refractivity contribution in [2.75, 3.05) is 25.5 Å². The van der Waals surface area contributed by atoms with E-state index in [9.17, 15) is 5.11 Å². The standard InChI is InChI=1S/C25H24ClN3O2.ClH/c1-31-19-6-8-23-21(14-19)25(20-13-17(26)4-7-22(20)28-23)27-18-5-9-24(30)16(12-18)15-29-10-2-3-11-29;/h4-9,12-14,30H,2-3,10-11,15H2,1H3,(H,27,28);1H. The fraction of sp³-hybridized carbons (Fsp3) is 0.240. The third-order valence-electron chi connectivity index (χ3n) is 5.88. The summed E-state index contributed by atoms with van der Waals surface area (Å²) in [4.78, 5) is 7.17. The number of phenols is 1. The summed E-state index contributed by atoms with van der Waals surface area (Å²) in [6.45, 7) is 2.91. The number of aromatic nitrogens is 1. The second-order valence-corrected chi connectivity index (χ2v) is 8.42. The first-order valence-electron chi connectivity index (χ1n) is 10.5. The van der Waals surface area contributed by atoms with Gasteiger partial charge in [-0.2, -0.15) is 0 Å². The van der Waals surface area contributed by atoms with E-state index in [0.717, 1.165) is 64.1 Å². The summed E-state index contributed by atoms with van der Waals surface area (Å²) in [5.74, 6) is 1.09. The van der Waals surface area contributed by atoms with Crippen LogP contribution in [-0.2, 0) is 6.54 Å². The maximum atomic E-state index is 10.4. The Balaban J connectivity index is 0.00000245. The van der Waals surface area contributed by atoms with Crippen molar-refractivity contribution in [1.29, 1.82) is 0 Å². The summed E-state index contributed by atoms with van der Waals surface area (Å²) in [5.41, 5.74) is 4.47. The van der Waals surface area contributed by atoms with Gasteiger partial charge in [0.15, 0.2) is 0 Å². The lowest BCUT2D eigenvalue weighted by Gasteiger charge is -2.18. The minimum Gasteiger partial charge on any atom is -0.508 e. The van der Waals surface area contributed by atoms with Gasteiger partial charge in [0.05, 0.1) is 23.8 Å². The number of aromatic hydroxyl groups is 1. The monoisotopic (exact) mass is 469 g/mol. The molecule has 32 heavy (non-hydrogen) atoms. The topological polar surface area (TPSA) is 57.6 Å². The lowest BCUT2D eigenvalue weighted by Crippen LogP contribution is -2.18. The molecule has 0 saturated carbocycles. The van der Waals surface area contributed by atoms with Gasteiger partial charge >= 0.3 is 0 Å². The van der Waals surface area contributed by atoms with Crippen LogP contribution in [0.4, 0.5) is 11.4 Å². The number of hydrogen-bond acceptors (Lipinski definition) is 5. The number of hydrogen-bond donors (Lipinski definition) is 2. The average molecular weight is 470 g/mol. The third-order valence-corrected chi connectivity index (χ3v) is 6.12. The Labute approximate surface area is 198 Å². The number of methoxy groups -OCH3 is 1. The molecule has 5 nitrogen and oxygen atoms in total. The number of benzene rings is 3. The van der Waals surface area contributed by atoms with Crippen LogP contribution in [0.2, 0.25) is 5.02 Å². The Bertz CT molecular complexity index is 1270. The summed E-state index contributed by atoms with van der Waals surface area (Å²) in [6.07, 6.45) is 2.44. The average Bonchev–Trinajstić information content (AvgIpc) is 3.29. The van der Waals surface area contributed by atoms with E-state index >= 15 is 0 Å². The van der Waals surface area contributed by atoms with Gasteiger partial charge in [-0.1, -0.05) is 11.6 Å². The number of halogens is 2. The number of fused-ring (bicyclic) bond motifs is 2. The SMILES string of the molecule is COc1ccc2nc3ccc(Cl)cc3c(Nc3ccc(O)c(CN4CCCC4)c3)c2c1.Cl. The summed E-state index contributed by atoms with van der Waals surface area (Å²) in [6, 6.07) is 17.2. The number of nitrogens with one attached hydrogen (secondary N) is 1. The van der Waals surface area contributed by atoms with E-state index in [-0.39, 0.29) is 12.4 Å². The van der Waals surface area contributed by atoms with E-state index < -0.39 is 0 Å². The van der Waals surface area contributed by atoms with Crippen LogP contribution in [0, 0.1) is 0 Å². The van der Waals surface area contributed by atoms with E-state index in [1.807, 2.05) is 48.5 Å². The van der Waals surface area contributed by atoms with E-state index in [0.29, 0.717) is 10.8 Å². The van der Waals surface area contributed by atoms with Crippen molar-refractivity contribution >= 4 is 57.2 Å². The van der Waals surface area contributed by atoms with Crippen molar-refractivity contribution in [2.24, 2.45) is 0 Å². The molecule has 1 fully saturated rings. The summed E-state index contributed by atoms with van der Waals surface area (Å²) < 4.78 is 5.45. The number of ether oxygens (including phenoxy) is 1. The number of likely N-dealkylation sites (tertiary alicyclic amines) is 1. The molecular weight excluding hydrogens is 445 g/mol. The summed E-state index contributed by atoms with van der Waals surface area (Å²) in [5, 5.41) is 16.5. The maximum absolute atomic E-state index is 10.4. The van der Waals surface area contributed by atoms with E-state index in [1.54, 1.807) is 13.2 Å². The molecule has 2 heterocycles. The Morgan fingerprint density at radius 3 is 2.47 bits per heavy atom. The quantitative estimate of drug-likeness (QED) is 0.257. The summed E-state index contributed by atoms with van der Waals surface area (Å²) in [7, 11) is 1.66. The molecule has 0 bridgehead atoms. The van der Waals surface area contributed by atoms with Gasteiger partial charge in [0.25, 0.3) is 0 Å². The van der Waals surface area contributed by atoms with Crippen molar-refractivity contribution in [3.8, 4) is 11.5 Å². The fourth-order valence-corrected chi connectivity index (χ4v) is 4.44. The van der Waals surface area contributed by atoms with E-state index in [2.05, 4.69) is 10.2 Å². The molecule has 0 spiro atoms. The molecule has 1 saturated heterocycles. The van der Waals surface area contributed by atoms with Crippen LogP contribution in [0.15, 0.2) is 54.6 Å². The fourth-order valence-electron chi connectivity index (χ4n) is 4.27. The lowest BCUT2D eigenvalue weighted by atomic mass is 10.1. The second-order valence-electron chi connectivity index (χ2n) is 7.98. The first kappa shape index (κ1) is 22.5. The number of rotatable bonds is 5. The molecule has 1 aromatic heterocycles. The van der Waals surface area contributed by atoms with E-state index in [1.165, 1.54) is 12.8 Å². The number of phenolic OH excluding ortho intramolecular Hbond substituents is 1. The smallest absolute Gasteiger partial charge is 0.120 e. The van der Waals surface area contributed by atoms with Gasteiger partial charge in [-0.05, 0) is 80.5 Å². The van der Waals surface area contributed by atoms with Crippen molar-refractivity contribution in [1.82, 2.24) is 9.88 Å². The van der Waals surface area contributed by atoms with Crippen molar-refractivity contribution < 1.29 is 9.84 Å². The Hall–Kier alpha value is -2.73.